The van der Waals surface area contributed by atoms with Crippen molar-refractivity contribution in [2.45, 2.75) is 46.1 Å². The van der Waals surface area contributed by atoms with Gasteiger partial charge in [0.25, 0.3) is 0 Å². The summed E-state index contributed by atoms with van der Waals surface area (Å²) in [4.78, 5) is 14.1. The summed E-state index contributed by atoms with van der Waals surface area (Å²) in [6.45, 7) is 9.49. The van der Waals surface area contributed by atoms with E-state index in [-0.39, 0.29) is 17.4 Å². The molecule has 1 saturated heterocycles. The fraction of sp³-hybridized carbons (Fsp3) is 0.929. The summed E-state index contributed by atoms with van der Waals surface area (Å²) in [5.74, 6) is 0.707. The molecule has 0 saturated carbocycles. The molecule has 1 amide bonds. The molecule has 1 aliphatic heterocycles. The zero-order valence-electron chi connectivity index (χ0n) is 12.3. The predicted octanol–water partition coefficient (Wildman–Crippen LogP) is 1.21. The Hall–Kier alpha value is -0.610. The van der Waals surface area contributed by atoms with E-state index in [1.54, 1.807) is 0 Å². The number of amides is 1. The lowest BCUT2D eigenvalue weighted by atomic mass is 9.87. The molecule has 2 atom stereocenters. The smallest absolute Gasteiger partial charge is 0.221 e. The zero-order chi connectivity index (χ0) is 13.8. The molecule has 1 aliphatic rings. The Balaban J connectivity index is 2.17. The first-order valence-electron chi connectivity index (χ1n) is 6.97. The zero-order valence-corrected chi connectivity index (χ0v) is 12.3. The van der Waals surface area contributed by atoms with E-state index in [0.29, 0.717) is 12.3 Å². The van der Waals surface area contributed by atoms with Crippen LogP contribution in [0, 0.1) is 11.3 Å². The Bertz CT molecular complexity index is 273. The quantitative estimate of drug-likeness (QED) is 0.776. The molecule has 0 aromatic carbocycles. The SMILES string of the molecule is CN1CCC(CNC(=O)CC(N)CC(C)(C)C)C1. The van der Waals surface area contributed by atoms with Crippen molar-refractivity contribution in [2.75, 3.05) is 26.7 Å². The highest BCUT2D eigenvalue weighted by Crippen LogP contribution is 2.21. The lowest BCUT2D eigenvalue weighted by Gasteiger charge is -2.23. The average Bonchev–Trinajstić information content (AvgIpc) is 2.58. The molecule has 4 nitrogen and oxygen atoms in total. The van der Waals surface area contributed by atoms with E-state index in [0.717, 1.165) is 26.1 Å². The molecule has 0 aromatic rings. The summed E-state index contributed by atoms with van der Waals surface area (Å²) >= 11 is 0. The van der Waals surface area contributed by atoms with E-state index in [1.807, 2.05) is 0 Å². The number of carbonyl (C=O) groups is 1. The van der Waals surface area contributed by atoms with Gasteiger partial charge >= 0.3 is 0 Å². The highest BCUT2D eigenvalue weighted by molar-refractivity contribution is 5.76. The van der Waals surface area contributed by atoms with Gasteiger partial charge in [0.05, 0.1) is 0 Å². The standard InChI is InChI=1S/C14H29N3O/c1-14(2,3)8-12(15)7-13(18)16-9-11-5-6-17(4)10-11/h11-12H,5-10,15H2,1-4H3,(H,16,18). The molecule has 2 unspecified atom stereocenters. The number of hydrogen-bond acceptors (Lipinski definition) is 3. The van der Waals surface area contributed by atoms with Crippen molar-refractivity contribution in [1.82, 2.24) is 10.2 Å². The molecule has 1 fully saturated rings. The van der Waals surface area contributed by atoms with Crippen LogP contribution in [0.2, 0.25) is 0 Å². The maximum absolute atomic E-state index is 11.8. The summed E-state index contributed by atoms with van der Waals surface area (Å²) in [5.41, 5.74) is 6.19. The van der Waals surface area contributed by atoms with Crippen molar-refractivity contribution in [3.63, 3.8) is 0 Å². The van der Waals surface area contributed by atoms with E-state index >= 15 is 0 Å². The number of nitrogens with one attached hydrogen (secondary N) is 1. The van der Waals surface area contributed by atoms with Gasteiger partial charge in [0.1, 0.15) is 0 Å². The molecule has 0 aliphatic carbocycles. The number of carbonyl (C=O) groups excluding carboxylic acids is 1. The second-order valence-corrected chi connectivity index (χ2v) is 6.95. The Labute approximate surface area is 111 Å². The Kier molecular flexibility index (Phi) is 5.60. The molecular formula is C14H29N3O. The summed E-state index contributed by atoms with van der Waals surface area (Å²) in [5, 5.41) is 3.02. The molecule has 0 aromatic heterocycles. The third-order valence-electron chi connectivity index (χ3n) is 3.40. The van der Waals surface area contributed by atoms with Gasteiger partial charge in [0, 0.05) is 25.6 Å². The first-order valence-corrected chi connectivity index (χ1v) is 6.97. The van der Waals surface area contributed by atoms with Gasteiger partial charge in [-0.25, -0.2) is 0 Å². The van der Waals surface area contributed by atoms with E-state index in [1.165, 1.54) is 6.42 Å². The van der Waals surface area contributed by atoms with Crippen molar-refractivity contribution < 1.29 is 4.79 Å². The fourth-order valence-corrected chi connectivity index (χ4v) is 2.62. The van der Waals surface area contributed by atoms with Crippen LogP contribution >= 0.6 is 0 Å². The lowest BCUT2D eigenvalue weighted by Crippen LogP contribution is -2.36. The average molecular weight is 255 g/mol. The summed E-state index contributed by atoms with van der Waals surface area (Å²) < 4.78 is 0. The minimum Gasteiger partial charge on any atom is -0.356 e. The molecule has 0 radical (unpaired) electrons. The van der Waals surface area contributed by atoms with Crippen LogP contribution in [0.5, 0.6) is 0 Å². The first kappa shape index (κ1) is 15.4. The molecule has 3 N–H and O–H groups in total. The van der Waals surface area contributed by atoms with Crippen LogP contribution in [-0.2, 0) is 4.79 Å². The second-order valence-electron chi connectivity index (χ2n) is 6.95. The third kappa shape index (κ3) is 6.36. The van der Waals surface area contributed by atoms with Crippen LogP contribution in [0.15, 0.2) is 0 Å². The van der Waals surface area contributed by atoms with Crippen LogP contribution < -0.4 is 11.1 Å². The summed E-state index contributed by atoms with van der Waals surface area (Å²) in [6.07, 6.45) is 2.51. The van der Waals surface area contributed by atoms with Crippen LogP contribution in [0.4, 0.5) is 0 Å². The van der Waals surface area contributed by atoms with Gasteiger partial charge in [0.15, 0.2) is 0 Å². The molecule has 1 rings (SSSR count). The molecule has 18 heavy (non-hydrogen) atoms. The van der Waals surface area contributed by atoms with E-state index < -0.39 is 0 Å². The maximum Gasteiger partial charge on any atom is 0.221 e. The van der Waals surface area contributed by atoms with Gasteiger partial charge in [-0.1, -0.05) is 20.8 Å². The van der Waals surface area contributed by atoms with Gasteiger partial charge in [-0.05, 0) is 37.8 Å². The monoisotopic (exact) mass is 255 g/mol. The Morgan fingerprint density at radius 2 is 2.17 bits per heavy atom. The van der Waals surface area contributed by atoms with Gasteiger partial charge in [-0.3, -0.25) is 4.79 Å². The van der Waals surface area contributed by atoms with Crippen LogP contribution in [-0.4, -0.2) is 43.5 Å². The Morgan fingerprint density at radius 3 is 2.67 bits per heavy atom. The minimum absolute atomic E-state index is 0.0312. The van der Waals surface area contributed by atoms with Crippen molar-refractivity contribution in [2.24, 2.45) is 17.1 Å². The van der Waals surface area contributed by atoms with E-state index in [4.69, 9.17) is 5.73 Å². The molecule has 4 heteroatoms. The van der Waals surface area contributed by atoms with Crippen LogP contribution in [0.3, 0.4) is 0 Å². The Morgan fingerprint density at radius 1 is 1.50 bits per heavy atom. The number of rotatable bonds is 5. The predicted molar refractivity (Wildman–Crippen MR) is 75.3 cm³/mol. The molecular weight excluding hydrogens is 226 g/mol. The molecule has 106 valence electrons. The summed E-state index contributed by atoms with van der Waals surface area (Å²) in [7, 11) is 2.13. The van der Waals surface area contributed by atoms with Crippen molar-refractivity contribution in [3.8, 4) is 0 Å². The van der Waals surface area contributed by atoms with Gasteiger partial charge < -0.3 is 16.0 Å². The van der Waals surface area contributed by atoms with Gasteiger partial charge in [-0.2, -0.15) is 0 Å². The van der Waals surface area contributed by atoms with Gasteiger partial charge in [-0.15, -0.1) is 0 Å². The minimum atomic E-state index is -0.0312. The van der Waals surface area contributed by atoms with Crippen molar-refractivity contribution in [3.05, 3.63) is 0 Å². The van der Waals surface area contributed by atoms with Crippen molar-refractivity contribution >= 4 is 5.91 Å². The fourth-order valence-electron chi connectivity index (χ4n) is 2.62. The summed E-state index contributed by atoms with van der Waals surface area (Å²) in [6, 6.07) is -0.0312. The van der Waals surface area contributed by atoms with E-state index in [9.17, 15) is 4.79 Å². The number of likely N-dealkylation sites (tertiary alicyclic amines) is 1. The number of nitrogens with two attached hydrogens (primary N) is 1. The molecule has 1 heterocycles. The molecule has 0 bridgehead atoms. The van der Waals surface area contributed by atoms with Gasteiger partial charge in [0.2, 0.25) is 5.91 Å². The van der Waals surface area contributed by atoms with Crippen LogP contribution in [0.1, 0.15) is 40.0 Å². The second kappa shape index (κ2) is 6.53. The third-order valence-corrected chi connectivity index (χ3v) is 3.40. The highest BCUT2D eigenvalue weighted by atomic mass is 16.1. The normalized spacial score (nSPS) is 23.1. The topological polar surface area (TPSA) is 58.4 Å². The van der Waals surface area contributed by atoms with Crippen molar-refractivity contribution in [1.29, 1.82) is 0 Å². The largest absolute Gasteiger partial charge is 0.356 e. The molecule has 0 spiro atoms. The first-order chi connectivity index (χ1) is 8.26. The van der Waals surface area contributed by atoms with Crippen LogP contribution in [0.25, 0.3) is 0 Å². The van der Waals surface area contributed by atoms with E-state index in [2.05, 4.69) is 38.0 Å². The maximum atomic E-state index is 11.8. The highest BCUT2D eigenvalue weighted by Gasteiger charge is 2.21. The number of nitrogens with zero attached hydrogens (tertiary/aromatic N) is 1. The number of hydrogen-bond donors (Lipinski definition) is 2. The lowest BCUT2D eigenvalue weighted by molar-refractivity contribution is -0.121.